The Morgan fingerprint density at radius 3 is 2.95 bits per heavy atom. The molecule has 20 heavy (non-hydrogen) atoms. The molecule has 108 valence electrons. The molecule has 0 aromatic heterocycles. The van der Waals surface area contributed by atoms with Gasteiger partial charge in [-0.05, 0) is 62.4 Å². The largest absolute Gasteiger partial charge is 0.393 e. The van der Waals surface area contributed by atoms with E-state index in [1.165, 1.54) is 5.57 Å². The summed E-state index contributed by atoms with van der Waals surface area (Å²) in [6.07, 6.45) is 15.8. The highest BCUT2D eigenvalue weighted by molar-refractivity contribution is 5.40. The number of hydrogen-bond donors (Lipinski definition) is 2. The Balaban J connectivity index is 1.71. The second-order valence-electron chi connectivity index (χ2n) is 7.14. The molecule has 0 spiro atoms. The van der Waals surface area contributed by atoms with Crippen LogP contribution in [0.3, 0.4) is 0 Å². The van der Waals surface area contributed by atoms with Crippen molar-refractivity contribution in [1.29, 1.82) is 0 Å². The van der Waals surface area contributed by atoms with Crippen LogP contribution in [0.15, 0.2) is 35.5 Å². The van der Waals surface area contributed by atoms with Gasteiger partial charge in [0.1, 0.15) is 0 Å². The molecule has 2 heteroatoms. The molecule has 4 rings (SSSR count). The summed E-state index contributed by atoms with van der Waals surface area (Å²) in [6, 6.07) is 0. The molecule has 1 saturated carbocycles. The van der Waals surface area contributed by atoms with Crippen molar-refractivity contribution in [1.82, 2.24) is 0 Å². The molecular formula is C18H24O2. The summed E-state index contributed by atoms with van der Waals surface area (Å²) in [5, 5.41) is 21.3. The van der Waals surface area contributed by atoms with Crippen LogP contribution in [-0.2, 0) is 0 Å². The molecule has 1 fully saturated rings. The van der Waals surface area contributed by atoms with Crippen molar-refractivity contribution in [3.8, 4) is 0 Å². The Kier molecular flexibility index (Phi) is 2.94. The predicted molar refractivity (Wildman–Crippen MR) is 79.1 cm³/mol. The van der Waals surface area contributed by atoms with Crippen molar-refractivity contribution in [3.63, 3.8) is 0 Å². The molecule has 0 heterocycles. The summed E-state index contributed by atoms with van der Waals surface area (Å²) in [6.45, 7) is 0. The molecule has 2 nitrogen and oxygen atoms in total. The van der Waals surface area contributed by atoms with E-state index in [1.807, 2.05) is 0 Å². The van der Waals surface area contributed by atoms with Crippen LogP contribution in [0.2, 0.25) is 0 Å². The van der Waals surface area contributed by atoms with Crippen molar-refractivity contribution in [2.75, 3.05) is 0 Å². The van der Waals surface area contributed by atoms with Crippen molar-refractivity contribution in [2.45, 2.75) is 56.7 Å². The maximum atomic E-state index is 11.3. The van der Waals surface area contributed by atoms with Gasteiger partial charge in [-0.2, -0.15) is 0 Å². The number of allylic oxidation sites excluding steroid dienone is 3. The zero-order chi connectivity index (χ0) is 13.7. The third-order valence-corrected chi connectivity index (χ3v) is 6.07. The van der Waals surface area contributed by atoms with Crippen molar-refractivity contribution < 1.29 is 10.2 Å². The lowest BCUT2D eigenvalue weighted by Gasteiger charge is -2.41. The van der Waals surface area contributed by atoms with Crippen LogP contribution in [0.5, 0.6) is 0 Å². The van der Waals surface area contributed by atoms with Crippen molar-refractivity contribution in [2.24, 2.45) is 17.8 Å². The topological polar surface area (TPSA) is 40.5 Å². The number of aliphatic hydroxyl groups is 2. The summed E-state index contributed by atoms with van der Waals surface area (Å²) in [4.78, 5) is 0. The first-order valence-corrected chi connectivity index (χ1v) is 8.15. The Morgan fingerprint density at radius 1 is 1.15 bits per heavy atom. The van der Waals surface area contributed by atoms with E-state index < -0.39 is 5.60 Å². The maximum Gasteiger partial charge on any atom is 0.0930 e. The predicted octanol–water partition coefficient (Wildman–Crippen LogP) is 3.12. The van der Waals surface area contributed by atoms with Gasteiger partial charge >= 0.3 is 0 Å². The van der Waals surface area contributed by atoms with Gasteiger partial charge in [0.2, 0.25) is 0 Å². The molecule has 0 amide bonds. The smallest absolute Gasteiger partial charge is 0.0930 e. The maximum absolute atomic E-state index is 11.3. The molecule has 0 saturated heterocycles. The minimum atomic E-state index is -0.623. The average molecular weight is 272 g/mol. The van der Waals surface area contributed by atoms with E-state index >= 15 is 0 Å². The number of fused-ring (bicyclic) bond motifs is 4. The van der Waals surface area contributed by atoms with E-state index in [4.69, 9.17) is 0 Å². The van der Waals surface area contributed by atoms with Gasteiger partial charge in [0.15, 0.2) is 0 Å². The quantitative estimate of drug-likeness (QED) is 0.665. The standard InChI is InChI=1S/C18H24O2/c19-16-7-5-12-8-9-18(20)15(10-14(12)11-16)6-4-13-2-1-3-17(13)18/h1-2,6,10,12-13,16-17,19-20H,3-5,7-9,11H2/t12?,13?,16?,17?,18-/m1/s1. The van der Waals surface area contributed by atoms with E-state index in [-0.39, 0.29) is 6.10 Å². The molecule has 0 aromatic rings. The van der Waals surface area contributed by atoms with Gasteiger partial charge in [-0.15, -0.1) is 0 Å². The Bertz CT molecular complexity index is 502. The van der Waals surface area contributed by atoms with Crippen molar-refractivity contribution >= 4 is 0 Å². The van der Waals surface area contributed by atoms with Gasteiger partial charge in [0, 0.05) is 5.92 Å². The lowest BCUT2D eigenvalue weighted by atomic mass is 9.68. The summed E-state index contributed by atoms with van der Waals surface area (Å²) in [5.74, 6) is 1.50. The molecule has 2 N–H and O–H groups in total. The number of aliphatic hydroxyl groups excluding tert-OH is 1. The van der Waals surface area contributed by atoms with Crippen molar-refractivity contribution in [3.05, 3.63) is 35.5 Å². The van der Waals surface area contributed by atoms with Gasteiger partial charge in [0.05, 0.1) is 11.7 Å². The normalized spacial score (nSPS) is 46.7. The van der Waals surface area contributed by atoms with Crippen LogP contribution >= 0.6 is 0 Å². The van der Waals surface area contributed by atoms with Gasteiger partial charge < -0.3 is 10.2 Å². The van der Waals surface area contributed by atoms with E-state index in [2.05, 4.69) is 24.3 Å². The molecule has 4 aliphatic carbocycles. The minimum Gasteiger partial charge on any atom is -0.393 e. The van der Waals surface area contributed by atoms with Crippen LogP contribution < -0.4 is 0 Å². The van der Waals surface area contributed by atoms with E-state index in [9.17, 15) is 10.2 Å². The van der Waals surface area contributed by atoms with Crippen LogP contribution in [0.1, 0.15) is 44.9 Å². The molecular weight excluding hydrogens is 248 g/mol. The Labute approximate surface area is 120 Å². The first-order chi connectivity index (χ1) is 9.67. The molecule has 0 radical (unpaired) electrons. The molecule has 0 aromatic carbocycles. The van der Waals surface area contributed by atoms with Crippen LogP contribution in [0.25, 0.3) is 0 Å². The zero-order valence-electron chi connectivity index (χ0n) is 12.0. The first kappa shape index (κ1) is 12.8. The lowest BCUT2D eigenvalue weighted by molar-refractivity contribution is -0.0102. The minimum absolute atomic E-state index is 0.172. The summed E-state index contributed by atoms with van der Waals surface area (Å²) in [5.41, 5.74) is 1.91. The lowest BCUT2D eigenvalue weighted by Crippen LogP contribution is -2.43. The first-order valence-electron chi connectivity index (χ1n) is 8.15. The van der Waals surface area contributed by atoms with Gasteiger partial charge in [-0.3, -0.25) is 0 Å². The zero-order valence-corrected chi connectivity index (χ0v) is 12.0. The second kappa shape index (κ2) is 4.57. The molecule has 5 atom stereocenters. The Hall–Kier alpha value is -0.860. The molecule has 0 bridgehead atoms. The Morgan fingerprint density at radius 2 is 2.05 bits per heavy atom. The van der Waals surface area contributed by atoms with Gasteiger partial charge in [-0.25, -0.2) is 0 Å². The second-order valence-corrected chi connectivity index (χ2v) is 7.14. The highest BCUT2D eigenvalue weighted by Crippen LogP contribution is 2.51. The van der Waals surface area contributed by atoms with Gasteiger partial charge in [-0.1, -0.05) is 29.9 Å². The number of rotatable bonds is 0. The summed E-state index contributed by atoms with van der Waals surface area (Å²) < 4.78 is 0. The molecule has 4 unspecified atom stereocenters. The van der Waals surface area contributed by atoms with Crippen LogP contribution in [0.4, 0.5) is 0 Å². The van der Waals surface area contributed by atoms with Crippen LogP contribution in [-0.4, -0.2) is 21.9 Å². The van der Waals surface area contributed by atoms with E-state index in [0.29, 0.717) is 17.8 Å². The average Bonchev–Trinajstić information content (AvgIpc) is 2.86. The fraction of sp³-hybridized carbons (Fsp3) is 0.667. The summed E-state index contributed by atoms with van der Waals surface area (Å²) >= 11 is 0. The third kappa shape index (κ3) is 1.85. The van der Waals surface area contributed by atoms with E-state index in [0.717, 1.165) is 50.5 Å². The van der Waals surface area contributed by atoms with E-state index in [1.54, 1.807) is 0 Å². The molecule has 4 aliphatic rings. The third-order valence-electron chi connectivity index (χ3n) is 6.07. The fourth-order valence-electron chi connectivity index (χ4n) is 4.89. The van der Waals surface area contributed by atoms with Gasteiger partial charge in [0.25, 0.3) is 0 Å². The highest BCUT2D eigenvalue weighted by Gasteiger charge is 2.47. The summed E-state index contributed by atoms with van der Waals surface area (Å²) in [7, 11) is 0. The SMILES string of the molecule is OC1CCC2CC[C@@]3(O)C(=CCC4C=CCC43)C=C2C1. The number of hydrogen-bond acceptors (Lipinski definition) is 2. The molecule has 0 aliphatic heterocycles. The monoisotopic (exact) mass is 272 g/mol. The fourth-order valence-corrected chi connectivity index (χ4v) is 4.89. The highest BCUT2D eigenvalue weighted by atomic mass is 16.3. The van der Waals surface area contributed by atoms with Crippen LogP contribution in [0, 0.1) is 17.8 Å².